The lowest BCUT2D eigenvalue weighted by atomic mass is 10.2. The molecule has 0 unspecified atom stereocenters. The summed E-state index contributed by atoms with van der Waals surface area (Å²) in [5.74, 6) is -3.92. The minimum absolute atomic E-state index is 0.191. The molecule has 0 saturated carbocycles. The van der Waals surface area contributed by atoms with Gasteiger partial charge in [0.15, 0.2) is 5.82 Å². The van der Waals surface area contributed by atoms with Crippen molar-refractivity contribution in [3.63, 3.8) is 0 Å². The van der Waals surface area contributed by atoms with Crippen LogP contribution in [0.4, 0.5) is 52.7 Å². The van der Waals surface area contributed by atoms with Gasteiger partial charge in [-0.15, -0.1) is 26.3 Å². The van der Waals surface area contributed by atoms with Gasteiger partial charge in [-0.25, -0.2) is 14.2 Å². The average Bonchev–Trinajstić information content (AvgIpc) is 2.84. The molecule has 4 rings (SSSR count). The van der Waals surface area contributed by atoms with Gasteiger partial charge in [0, 0.05) is 5.69 Å². The second-order valence-electron chi connectivity index (χ2n) is 7.59. The zero-order chi connectivity index (χ0) is 28.9. The van der Waals surface area contributed by atoms with Crippen LogP contribution in [-0.2, 0) is 0 Å². The fourth-order valence-corrected chi connectivity index (χ4v) is 3.09. The Balaban J connectivity index is 1.58. The van der Waals surface area contributed by atoms with Crippen LogP contribution >= 0.6 is 0 Å². The summed E-state index contributed by atoms with van der Waals surface area (Å²) in [7, 11) is 0. The Kier molecular flexibility index (Phi) is 7.97. The Bertz CT molecular complexity index is 1470. The van der Waals surface area contributed by atoms with E-state index in [9.17, 15) is 35.1 Å². The molecular formula is C24H14F8N6O2. The molecule has 1 heterocycles. The summed E-state index contributed by atoms with van der Waals surface area (Å²) in [5.41, 5.74) is 2.37. The molecule has 208 valence electrons. The summed E-state index contributed by atoms with van der Waals surface area (Å²) in [6.45, 7) is 0. The molecule has 0 bridgehead atoms. The van der Waals surface area contributed by atoms with Gasteiger partial charge in [0.25, 0.3) is 0 Å². The van der Waals surface area contributed by atoms with Crippen molar-refractivity contribution in [1.82, 2.24) is 15.0 Å². The maximum absolute atomic E-state index is 14.4. The minimum atomic E-state index is -4.89. The molecule has 0 aliphatic carbocycles. The Hall–Kier alpha value is -5.02. The first-order valence-corrected chi connectivity index (χ1v) is 10.8. The smallest absolute Gasteiger partial charge is 0.406 e. The van der Waals surface area contributed by atoms with Crippen molar-refractivity contribution in [3.8, 4) is 22.9 Å². The topological polar surface area (TPSA) is 93.6 Å². The van der Waals surface area contributed by atoms with E-state index in [1.165, 1.54) is 30.5 Å². The molecular weight excluding hydrogens is 556 g/mol. The van der Waals surface area contributed by atoms with E-state index >= 15 is 0 Å². The van der Waals surface area contributed by atoms with Gasteiger partial charge in [0.1, 0.15) is 23.1 Å². The van der Waals surface area contributed by atoms with Gasteiger partial charge in [0.2, 0.25) is 11.9 Å². The molecule has 8 nitrogen and oxygen atoms in total. The number of ether oxygens (including phenoxy) is 2. The van der Waals surface area contributed by atoms with E-state index in [1.807, 2.05) is 0 Å². The van der Waals surface area contributed by atoms with Crippen molar-refractivity contribution in [2.45, 2.75) is 12.7 Å². The molecule has 0 saturated heterocycles. The SMILES string of the molecule is Fc1cccc(F)c1-c1nc(N/N=C\c2ccc(OC(F)(F)F)cc2)nc(Nc2ccc(OC(F)(F)F)cc2)n1. The van der Waals surface area contributed by atoms with E-state index in [4.69, 9.17) is 0 Å². The summed E-state index contributed by atoms with van der Waals surface area (Å²) in [4.78, 5) is 12.0. The van der Waals surface area contributed by atoms with E-state index < -0.39 is 47.2 Å². The van der Waals surface area contributed by atoms with Crippen LogP contribution in [0.2, 0.25) is 0 Å². The van der Waals surface area contributed by atoms with Crippen molar-refractivity contribution in [2.75, 3.05) is 10.7 Å². The first-order valence-electron chi connectivity index (χ1n) is 10.8. The highest BCUT2D eigenvalue weighted by molar-refractivity contribution is 5.80. The zero-order valence-electron chi connectivity index (χ0n) is 19.6. The number of rotatable bonds is 8. The van der Waals surface area contributed by atoms with Gasteiger partial charge in [-0.1, -0.05) is 6.07 Å². The predicted molar refractivity (Wildman–Crippen MR) is 126 cm³/mol. The molecule has 0 amide bonds. The molecule has 0 spiro atoms. The fraction of sp³-hybridized carbons (Fsp3) is 0.0833. The fourth-order valence-electron chi connectivity index (χ4n) is 3.09. The van der Waals surface area contributed by atoms with Crippen LogP contribution in [0.5, 0.6) is 11.5 Å². The Morgan fingerprint density at radius 3 is 1.75 bits per heavy atom. The number of nitrogens with zero attached hydrogens (tertiary/aromatic N) is 4. The van der Waals surface area contributed by atoms with E-state index in [0.717, 1.165) is 42.5 Å². The van der Waals surface area contributed by atoms with Gasteiger partial charge in [-0.3, -0.25) is 0 Å². The molecule has 0 radical (unpaired) electrons. The maximum Gasteiger partial charge on any atom is 0.573 e. The van der Waals surface area contributed by atoms with Crippen LogP contribution < -0.4 is 20.2 Å². The first-order chi connectivity index (χ1) is 18.8. The first kappa shape index (κ1) is 28.0. The molecule has 3 aromatic carbocycles. The van der Waals surface area contributed by atoms with Gasteiger partial charge in [-0.05, 0) is 66.2 Å². The Labute approximate surface area is 219 Å². The van der Waals surface area contributed by atoms with E-state index in [2.05, 4.69) is 40.3 Å². The number of hydrazone groups is 1. The minimum Gasteiger partial charge on any atom is -0.406 e. The number of hydrogen-bond donors (Lipinski definition) is 2. The van der Waals surface area contributed by atoms with Gasteiger partial charge < -0.3 is 14.8 Å². The lowest BCUT2D eigenvalue weighted by Crippen LogP contribution is -2.17. The number of alkyl halides is 6. The molecule has 2 N–H and O–H groups in total. The van der Waals surface area contributed by atoms with Gasteiger partial charge >= 0.3 is 12.7 Å². The summed E-state index contributed by atoms with van der Waals surface area (Å²) in [6, 6.07) is 12.2. The van der Waals surface area contributed by atoms with Crippen molar-refractivity contribution in [3.05, 3.63) is 83.9 Å². The van der Waals surface area contributed by atoms with Crippen molar-refractivity contribution in [2.24, 2.45) is 5.10 Å². The third kappa shape index (κ3) is 7.99. The summed E-state index contributed by atoms with van der Waals surface area (Å²) < 4.78 is 111. The third-order valence-corrected chi connectivity index (χ3v) is 4.66. The number of nitrogens with one attached hydrogen (secondary N) is 2. The van der Waals surface area contributed by atoms with E-state index in [0.29, 0.717) is 5.56 Å². The number of halogens is 8. The zero-order valence-corrected chi connectivity index (χ0v) is 19.6. The lowest BCUT2D eigenvalue weighted by Gasteiger charge is -2.11. The normalized spacial score (nSPS) is 11.9. The van der Waals surface area contributed by atoms with Gasteiger partial charge in [-0.2, -0.15) is 20.1 Å². The summed E-state index contributed by atoms with van der Waals surface area (Å²) in [5, 5.41) is 6.54. The predicted octanol–water partition coefficient (Wildman–Crippen LogP) is 6.80. The van der Waals surface area contributed by atoms with E-state index in [1.54, 1.807) is 0 Å². The van der Waals surface area contributed by atoms with Crippen molar-refractivity contribution in [1.29, 1.82) is 0 Å². The highest BCUT2D eigenvalue weighted by atomic mass is 19.4. The average molecular weight is 570 g/mol. The number of hydrogen-bond acceptors (Lipinski definition) is 8. The third-order valence-electron chi connectivity index (χ3n) is 4.66. The van der Waals surface area contributed by atoms with Crippen LogP contribution in [0.1, 0.15) is 5.56 Å². The van der Waals surface area contributed by atoms with Crippen molar-refractivity contribution >= 4 is 23.8 Å². The standard InChI is InChI=1S/C24H14F8N6O2/c25-17-2-1-3-18(26)19(17)20-35-21(34-14-6-10-16(11-7-14)40-24(30,31)32)37-22(36-20)38-33-12-13-4-8-15(9-5-13)39-23(27,28)29/h1-12H,(H2,34,35,36,37,38)/b33-12-. The highest BCUT2D eigenvalue weighted by Crippen LogP contribution is 2.28. The number of benzene rings is 3. The second-order valence-corrected chi connectivity index (χ2v) is 7.59. The van der Waals surface area contributed by atoms with Crippen LogP contribution in [0.15, 0.2) is 71.8 Å². The van der Waals surface area contributed by atoms with Gasteiger partial charge in [0.05, 0.1) is 11.8 Å². The molecule has 0 aliphatic rings. The summed E-state index contributed by atoms with van der Waals surface area (Å²) in [6.07, 6.45) is -8.55. The van der Waals surface area contributed by atoms with Crippen LogP contribution in [0.25, 0.3) is 11.4 Å². The van der Waals surface area contributed by atoms with Crippen LogP contribution in [0.3, 0.4) is 0 Å². The number of aromatic nitrogens is 3. The Morgan fingerprint density at radius 2 is 1.20 bits per heavy atom. The highest BCUT2D eigenvalue weighted by Gasteiger charge is 2.31. The molecule has 0 fully saturated rings. The largest absolute Gasteiger partial charge is 0.573 e. The molecule has 0 aliphatic heterocycles. The number of anilines is 3. The van der Waals surface area contributed by atoms with E-state index in [-0.39, 0.29) is 17.6 Å². The molecule has 0 atom stereocenters. The van der Waals surface area contributed by atoms with Crippen molar-refractivity contribution < 1.29 is 44.6 Å². The lowest BCUT2D eigenvalue weighted by molar-refractivity contribution is -0.275. The van der Waals surface area contributed by atoms with Crippen LogP contribution in [-0.4, -0.2) is 33.9 Å². The Morgan fingerprint density at radius 1 is 0.675 bits per heavy atom. The molecule has 40 heavy (non-hydrogen) atoms. The summed E-state index contributed by atoms with van der Waals surface area (Å²) >= 11 is 0. The molecule has 1 aromatic heterocycles. The molecule has 16 heteroatoms. The quantitative estimate of drug-likeness (QED) is 0.137. The van der Waals surface area contributed by atoms with Crippen LogP contribution in [0, 0.1) is 11.6 Å². The second kappa shape index (κ2) is 11.4. The monoisotopic (exact) mass is 570 g/mol. The molecule has 4 aromatic rings. The maximum atomic E-state index is 14.4.